The first-order valence-electron chi connectivity index (χ1n) is 10.5. The van der Waals surface area contributed by atoms with Crippen LogP contribution in [0.1, 0.15) is 90.4 Å². The summed E-state index contributed by atoms with van der Waals surface area (Å²) in [5, 5.41) is 0. The number of nitrogens with zero attached hydrogens (tertiary/aromatic N) is 2. The zero-order valence-electron chi connectivity index (χ0n) is 16.1. The summed E-state index contributed by atoms with van der Waals surface area (Å²) in [5.41, 5.74) is 5.64. The normalized spacial score (nSPS) is 18.2. The van der Waals surface area contributed by atoms with Gasteiger partial charge >= 0.3 is 0 Å². The van der Waals surface area contributed by atoms with Gasteiger partial charge in [0.05, 0.1) is 0 Å². The molecule has 0 aromatic rings. The van der Waals surface area contributed by atoms with Gasteiger partial charge in [0.15, 0.2) is 0 Å². The van der Waals surface area contributed by atoms with Gasteiger partial charge < -0.3 is 5.73 Å². The van der Waals surface area contributed by atoms with E-state index in [0.29, 0.717) is 6.17 Å². The van der Waals surface area contributed by atoms with E-state index in [4.69, 9.17) is 5.73 Å². The molecule has 2 N–H and O–H groups in total. The van der Waals surface area contributed by atoms with E-state index < -0.39 is 0 Å². The van der Waals surface area contributed by atoms with Crippen molar-refractivity contribution < 1.29 is 0 Å². The van der Waals surface area contributed by atoms with Crippen LogP contribution in [0.25, 0.3) is 0 Å². The van der Waals surface area contributed by atoms with Gasteiger partial charge in [-0.2, -0.15) is 0 Å². The first kappa shape index (κ1) is 21.4. The molecule has 0 amide bonds. The maximum Gasteiger partial charge on any atom is 0.102 e. The third kappa shape index (κ3) is 11.0. The Morgan fingerprint density at radius 1 is 0.958 bits per heavy atom. The SMILES string of the molecule is CCCCCCCCCCCC/C=C/CCC1N=CCN1CCN. The highest BCUT2D eigenvalue weighted by Gasteiger charge is 2.18. The first-order chi connectivity index (χ1) is 11.9. The number of allylic oxidation sites excluding steroid dienone is 2. The molecule has 0 aromatic carbocycles. The predicted octanol–water partition coefficient (Wildman–Crippen LogP) is 5.31. The standard InChI is InChI=1S/C21H41N3/c1-2-3-4-5-6-7-8-9-10-11-12-13-14-15-16-21-23-18-20-24(21)19-17-22/h13-14,18,21H,2-12,15-17,19-20,22H2,1H3/b14-13+. The van der Waals surface area contributed by atoms with Gasteiger partial charge in [-0.1, -0.05) is 76.9 Å². The smallest absolute Gasteiger partial charge is 0.102 e. The van der Waals surface area contributed by atoms with Crippen molar-refractivity contribution >= 4 is 6.21 Å². The second kappa shape index (κ2) is 15.8. The quantitative estimate of drug-likeness (QED) is 0.307. The minimum atomic E-state index is 0.371. The van der Waals surface area contributed by atoms with E-state index in [1.807, 2.05) is 6.21 Å². The molecule has 1 unspecified atom stereocenters. The molecule has 0 radical (unpaired) electrons. The number of hydrogen-bond acceptors (Lipinski definition) is 3. The van der Waals surface area contributed by atoms with Gasteiger partial charge in [-0.25, -0.2) is 0 Å². The topological polar surface area (TPSA) is 41.6 Å². The lowest BCUT2D eigenvalue weighted by Gasteiger charge is -2.21. The fourth-order valence-electron chi connectivity index (χ4n) is 3.38. The van der Waals surface area contributed by atoms with Crippen LogP contribution < -0.4 is 5.73 Å². The van der Waals surface area contributed by atoms with Gasteiger partial charge in [-0.15, -0.1) is 0 Å². The van der Waals surface area contributed by atoms with Crippen molar-refractivity contribution in [1.29, 1.82) is 0 Å². The minimum Gasteiger partial charge on any atom is -0.329 e. The van der Waals surface area contributed by atoms with E-state index in [1.54, 1.807) is 0 Å². The summed E-state index contributed by atoms with van der Waals surface area (Å²) in [6, 6.07) is 0. The van der Waals surface area contributed by atoms with Gasteiger partial charge in [0.1, 0.15) is 6.17 Å². The molecule has 0 spiro atoms. The van der Waals surface area contributed by atoms with Gasteiger partial charge in [0.2, 0.25) is 0 Å². The molecule has 1 rings (SSSR count). The van der Waals surface area contributed by atoms with Crippen LogP contribution in [0.4, 0.5) is 0 Å². The van der Waals surface area contributed by atoms with Crippen molar-refractivity contribution in [2.24, 2.45) is 10.7 Å². The average Bonchev–Trinajstić information content (AvgIpc) is 3.03. The third-order valence-corrected chi connectivity index (χ3v) is 4.91. The van der Waals surface area contributed by atoms with Crippen LogP contribution in [0.15, 0.2) is 17.1 Å². The number of hydrogen-bond donors (Lipinski definition) is 1. The lowest BCUT2D eigenvalue weighted by Crippen LogP contribution is -2.34. The summed E-state index contributed by atoms with van der Waals surface area (Å²) in [6.07, 6.45) is 24.8. The van der Waals surface area contributed by atoms with Crippen molar-refractivity contribution in [3.8, 4) is 0 Å². The Balaban J connectivity index is 1.84. The van der Waals surface area contributed by atoms with Crippen LogP contribution in [0, 0.1) is 0 Å². The van der Waals surface area contributed by atoms with E-state index in [-0.39, 0.29) is 0 Å². The van der Waals surface area contributed by atoms with Crippen LogP contribution in [0.2, 0.25) is 0 Å². The van der Waals surface area contributed by atoms with Crippen molar-refractivity contribution in [1.82, 2.24) is 4.90 Å². The van der Waals surface area contributed by atoms with Crippen LogP contribution in [0.3, 0.4) is 0 Å². The summed E-state index contributed by atoms with van der Waals surface area (Å²) in [5.74, 6) is 0. The lowest BCUT2D eigenvalue weighted by molar-refractivity contribution is 0.247. The number of aliphatic imine (C=N–C) groups is 1. The molecular weight excluding hydrogens is 294 g/mol. The highest BCUT2D eigenvalue weighted by molar-refractivity contribution is 5.62. The summed E-state index contributed by atoms with van der Waals surface area (Å²) in [7, 11) is 0. The summed E-state index contributed by atoms with van der Waals surface area (Å²) in [4.78, 5) is 6.92. The molecule has 0 aromatic heterocycles. The van der Waals surface area contributed by atoms with Gasteiger partial charge in [0, 0.05) is 25.8 Å². The largest absolute Gasteiger partial charge is 0.329 e. The maximum absolute atomic E-state index is 5.64. The third-order valence-electron chi connectivity index (χ3n) is 4.91. The predicted molar refractivity (Wildman–Crippen MR) is 108 cm³/mol. The molecule has 3 nitrogen and oxygen atoms in total. The maximum atomic E-state index is 5.64. The van der Waals surface area contributed by atoms with E-state index in [9.17, 15) is 0 Å². The van der Waals surface area contributed by atoms with Crippen molar-refractivity contribution in [2.75, 3.05) is 19.6 Å². The average molecular weight is 336 g/mol. The Morgan fingerprint density at radius 3 is 2.25 bits per heavy atom. The van der Waals surface area contributed by atoms with Crippen LogP contribution >= 0.6 is 0 Å². The summed E-state index contributed by atoms with van der Waals surface area (Å²) >= 11 is 0. The minimum absolute atomic E-state index is 0.371. The molecule has 0 saturated carbocycles. The molecule has 1 heterocycles. The van der Waals surface area contributed by atoms with Crippen LogP contribution in [0.5, 0.6) is 0 Å². The molecule has 24 heavy (non-hydrogen) atoms. The Hall–Kier alpha value is -0.670. The fraction of sp³-hybridized carbons (Fsp3) is 0.857. The van der Waals surface area contributed by atoms with E-state index >= 15 is 0 Å². The van der Waals surface area contributed by atoms with Crippen molar-refractivity contribution in [3.63, 3.8) is 0 Å². The zero-order valence-corrected chi connectivity index (χ0v) is 16.1. The highest BCUT2D eigenvalue weighted by atomic mass is 15.3. The number of nitrogens with two attached hydrogens (primary N) is 1. The van der Waals surface area contributed by atoms with E-state index in [0.717, 1.165) is 32.5 Å². The van der Waals surface area contributed by atoms with Crippen molar-refractivity contribution in [3.05, 3.63) is 12.2 Å². The van der Waals surface area contributed by atoms with Gasteiger partial charge in [-0.3, -0.25) is 9.89 Å². The first-order valence-corrected chi connectivity index (χ1v) is 10.5. The molecule has 0 saturated heterocycles. The summed E-state index contributed by atoms with van der Waals surface area (Å²) < 4.78 is 0. The molecular formula is C21H41N3. The van der Waals surface area contributed by atoms with Gasteiger partial charge in [0.25, 0.3) is 0 Å². The molecule has 1 aliphatic rings. The molecule has 0 fully saturated rings. The molecule has 3 heteroatoms. The monoisotopic (exact) mass is 335 g/mol. The Bertz CT molecular complexity index is 325. The highest BCUT2D eigenvalue weighted by Crippen LogP contribution is 2.14. The molecule has 0 bridgehead atoms. The van der Waals surface area contributed by atoms with Crippen LogP contribution in [-0.4, -0.2) is 36.9 Å². The van der Waals surface area contributed by atoms with Crippen LogP contribution in [-0.2, 0) is 0 Å². The Morgan fingerprint density at radius 2 is 1.58 bits per heavy atom. The summed E-state index contributed by atoms with van der Waals surface area (Å²) in [6.45, 7) is 4.96. The molecule has 1 aliphatic heterocycles. The fourth-order valence-corrected chi connectivity index (χ4v) is 3.38. The number of unbranched alkanes of at least 4 members (excludes halogenated alkanes) is 10. The van der Waals surface area contributed by atoms with E-state index in [2.05, 4.69) is 29.0 Å². The molecule has 1 atom stereocenters. The van der Waals surface area contributed by atoms with Gasteiger partial charge in [-0.05, 0) is 25.7 Å². The Labute approximate surface area is 150 Å². The molecule has 0 aliphatic carbocycles. The second-order valence-corrected chi connectivity index (χ2v) is 7.12. The molecule has 140 valence electrons. The second-order valence-electron chi connectivity index (χ2n) is 7.12. The zero-order chi connectivity index (χ0) is 17.3. The lowest BCUT2D eigenvalue weighted by atomic mass is 10.1. The number of rotatable bonds is 16. The Kier molecular flexibility index (Phi) is 14.1. The van der Waals surface area contributed by atoms with E-state index in [1.165, 1.54) is 70.6 Å². The van der Waals surface area contributed by atoms with Crippen molar-refractivity contribution in [2.45, 2.75) is 96.6 Å².